The van der Waals surface area contributed by atoms with E-state index < -0.39 is 5.91 Å². The molecule has 0 saturated carbocycles. The van der Waals surface area contributed by atoms with Crippen LogP contribution in [0.25, 0.3) is 6.08 Å². The summed E-state index contributed by atoms with van der Waals surface area (Å²) < 4.78 is 12.7. The van der Waals surface area contributed by atoms with Crippen LogP contribution in [0, 0.1) is 25.2 Å². The fourth-order valence-corrected chi connectivity index (χ4v) is 4.30. The minimum Gasteiger partial charge on any atom is -0.489 e. The highest BCUT2D eigenvalue weighted by atomic mass is 79.9. The second-order valence-electron chi connectivity index (χ2n) is 8.92. The topological polar surface area (TPSA) is 71.3 Å². The molecule has 0 aliphatic heterocycles. The summed E-state index contributed by atoms with van der Waals surface area (Å²) in [4.78, 5) is 12.9. The van der Waals surface area contributed by atoms with Crippen molar-refractivity contribution in [3.05, 3.63) is 128 Å². The van der Waals surface area contributed by atoms with Gasteiger partial charge in [0.25, 0.3) is 5.91 Å². The summed E-state index contributed by atoms with van der Waals surface area (Å²) >= 11 is 9.64. The van der Waals surface area contributed by atoms with Crippen molar-refractivity contribution in [3.63, 3.8) is 0 Å². The largest absolute Gasteiger partial charge is 0.489 e. The predicted octanol–water partition coefficient (Wildman–Crippen LogP) is 8.42. The summed E-state index contributed by atoms with van der Waals surface area (Å²) in [7, 11) is 0. The van der Waals surface area contributed by atoms with Crippen molar-refractivity contribution >= 4 is 45.2 Å². The van der Waals surface area contributed by atoms with Crippen LogP contribution < -0.4 is 14.8 Å². The Morgan fingerprint density at radius 1 is 0.949 bits per heavy atom. The highest BCUT2D eigenvalue weighted by Crippen LogP contribution is 2.27. The lowest BCUT2D eigenvalue weighted by atomic mass is 10.1. The molecule has 0 aliphatic carbocycles. The SMILES string of the molecule is Cc1ccc(COc2ccc(Br)cc2/C=C(\C#N)C(=O)Nc2ccc(OCc3ccccc3Cl)cc2)cc1C. The van der Waals surface area contributed by atoms with E-state index in [0.717, 1.165) is 15.6 Å². The van der Waals surface area contributed by atoms with E-state index in [9.17, 15) is 10.1 Å². The van der Waals surface area contributed by atoms with Gasteiger partial charge in [-0.3, -0.25) is 4.79 Å². The maximum absolute atomic E-state index is 12.9. The molecule has 0 saturated heterocycles. The smallest absolute Gasteiger partial charge is 0.266 e. The van der Waals surface area contributed by atoms with Gasteiger partial charge in [-0.25, -0.2) is 0 Å². The third kappa shape index (κ3) is 7.73. The van der Waals surface area contributed by atoms with E-state index in [0.29, 0.717) is 41.0 Å². The van der Waals surface area contributed by atoms with Gasteiger partial charge in [0.1, 0.15) is 36.4 Å². The molecule has 4 aromatic rings. The molecule has 0 atom stereocenters. The highest BCUT2D eigenvalue weighted by molar-refractivity contribution is 9.10. The van der Waals surface area contributed by atoms with E-state index in [-0.39, 0.29) is 5.57 Å². The Morgan fingerprint density at radius 3 is 2.44 bits per heavy atom. The molecule has 0 radical (unpaired) electrons. The number of hydrogen-bond donors (Lipinski definition) is 1. The number of halogens is 2. The minimum atomic E-state index is -0.526. The number of aryl methyl sites for hydroxylation is 2. The van der Waals surface area contributed by atoms with Crippen LogP contribution in [-0.2, 0) is 18.0 Å². The Bertz CT molecular complexity index is 1560. The fraction of sp³-hybridized carbons (Fsp3) is 0.125. The molecule has 7 heteroatoms. The molecular formula is C32H26BrClN2O3. The molecule has 0 unspecified atom stereocenters. The summed E-state index contributed by atoms with van der Waals surface area (Å²) in [6.07, 6.45) is 1.52. The van der Waals surface area contributed by atoms with Crippen molar-refractivity contribution in [3.8, 4) is 17.6 Å². The summed E-state index contributed by atoms with van der Waals surface area (Å²) in [5.41, 5.74) is 5.42. The quantitative estimate of drug-likeness (QED) is 0.154. The van der Waals surface area contributed by atoms with Crippen LogP contribution in [-0.4, -0.2) is 5.91 Å². The number of carbonyl (C=O) groups excluding carboxylic acids is 1. The first-order valence-electron chi connectivity index (χ1n) is 12.2. The van der Waals surface area contributed by atoms with Gasteiger partial charge in [0.15, 0.2) is 0 Å². The van der Waals surface area contributed by atoms with Crippen molar-refractivity contribution in [1.82, 2.24) is 0 Å². The van der Waals surface area contributed by atoms with E-state index in [1.165, 1.54) is 17.2 Å². The van der Waals surface area contributed by atoms with Crippen LogP contribution in [0.1, 0.15) is 27.8 Å². The Morgan fingerprint density at radius 2 is 1.72 bits per heavy atom. The number of carbonyl (C=O) groups is 1. The molecule has 0 aromatic heterocycles. The average molecular weight is 602 g/mol. The highest BCUT2D eigenvalue weighted by Gasteiger charge is 2.13. The van der Waals surface area contributed by atoms with Crippen molar-refractivity contribution in [2.24, 2.45) is 0 Å². The zero-order valence-electron chi connectivity index (χ0n) is 21.5. The number of nitrogens with one attached hydrogen (secondary N) is 1. The van der Waals surface area contributed by atoms with E-state index in [4.69, 9.17) is 21.1 Å². The Kier molecular flexibility index (Phi) is 9.43. The zero-order valence-corrected chi connectivity index (χ0v) is 23.8. The number of amides is 1. The zero-order chi connectivity index (χ0) is 27.8. The summed E-state index contributed by atoms with van der Waals surface area (Å²) in [5.74, 6) is 0.669. The maximum Gasteiger partial charge on any atom is 0.266 e. The van der Waals surface area contributed by atoms with Gasteiger partial charge >= 0.3 is 0 Å². The molecule has 0 spiro atoms. The molecule has 4 aromatic carbocycles. The summed E-state index contributed by atoms with van der Waals surface area (Å²) in [6.45, 7) is 4.82. The number of nitriles is 1. The first-order valence-corrected chi connectivity index (χ1v) is 13.4. The normalized spacial score (nSPS) is 11.0. The molecule has 1 amide bonds. The van der Waals surface area contributed by atoms with Crippen LogP contribution in [0.4, 0.5) is 5.69 Å². The summed E-state index contributed by atoms with van der Waals surface area (Å²) in [5, 5.41) is 13.2. The second-order valence-corrected chi connectivity index (χ2v) is 10.2. The van der Waals surface area contributed by atoms with Gasteiger partial charge in [-0.1, -0.05) is 63.9 Å². The Balaban J connectivity index is 1.43. The van der Waals surface area contributed by atoms with E-state index in [2.05, 4.69) is 47.2 Å². The van der Waals surface area contributed by atoms with Crippen LogP contribution in [0.3, 0.4) is 0 Å². The fourth-order valence-electron chi connectivity index (χ4n) is 3.73. The van der Waals surface area contributed by atoms with E-state index in [1.54, 1.807) is 24.3 Å². The summed E-state index contributed by atoms with van der Waals surface area (Å²) in [6, 6.07) is 28.1. The minimum absolute atomic E-state index is 0.0526. The first kappa shape index (κ1) is 28.0. The molecule has 5 nitrogen and oxygen atoms in total. The van der Waals surface area contributed by atoms with Crippen LogP contribution >= 0.6 is 27.5 Å². The molecule has 0 fully saturated rings. The maximum atomic E-state index is 12.9. The molecular weight excluding hydrogens is 576 g/mol. The number of anilines is 1. The third-order valence-corrected chi connectivity index (χ3v) is 6.93. The number of hydrogen-bond acceptors (Lipinski definition) is 4. The van der Waals surface area contributed by atoms with E-state index in [1.807, 2.05) is 54.6 Å². The van der Waals surface area contributed by atoms with Gasteiger partial charge in [-0.15, -0.1) is 0 Å². The molecule has 4 rings (SSSR count). The van der Waals surface area contributed by atoms with Crippen molar-refractivity contribution < 1.29 is 14.3 Å². The Hall–Kier alpha value is -4.05. The lowest BCUT2D eigenvalue weighted by molar-refractivity contribution is -0.112. The lowest BCUT2D eigenvalue weighted by Crippen LogP contribution is -2.13. The standard InChI is InChI=1S/C32H26BrClN2O3/c1-21-7-8-23(15-22(21)2)19-39-31-14-9-27(33)17-25(31)16-26(18-35)32(37)36-28-10-12-29(13-11-28)38-20-24-5-3-4-6-30(24)34/h3-17H,19-20H2,1-2H3,(H,36,37)/b26-16+. The van der Waals surface area contributed by atoms with Gasteiger partial charge in [0.05, 0.1) is 0 Å². The van der Waals surface area contributed by atoms with Crippen LogP contribution in [0.15, 0.2) is 95.0 Å². The van der Waals surface area contributed by atoms with Gasteiger partial charge in [0.2, 0.25) is 0 Å². The van der Waals surface area contributed by atoms with E-state index >= 15 is 0 Å². The van der Waals surface area contributed by atoms with Gasteiger partial charge < -0.3 is 14.8 Å². The molecule has 0 aliphatic rings. The van der Waals surface area contributed by atoms with Crippen LogP contribution in [0.2, 0.25) is 5.02 Å². The number of ether oxygens (including phenoxy) is 2. The van der Waals surface area contributed by atoms with Gasteiger partial charge in [-0.2, -0.15) is 5.26 Å². The number of nitrogens with zero attached hydrogens (tertiary/aromatic N) is 1. The predicted molar refractivity (Wildman–Crippen MR) is 159 cm³/mol. The molecule has 0 bridgehead atoms. The van der Waals surface area contributed by atoms with Gasteiger partial charge in [0, 0.05) is 26.3 Å². The van der Waals surface area contributed by atoms with Gasteiger partial charge in [-0.05, 0) is 85.1 Å². The number of rotatable bonds is 9. The average Bonchev–Trinajstić information content (AvgIpc) is 2.93. The second kappa shape index (κ2) is 13.1. The molecule has 1 N–H and O–H groups in total. The molecule has 196 valence electrons. The van der Waals surface area contributed by atoms with Crippen molar-refractivity contribution in [1.29, 1.82) is 5.26 Å². The monoisotopic (exact) mass is 600 g/mol. The Labute approximate surface area is 241 Å². The molecule has 39 heavy (non-hydrogen) atoms. The first-order chi connectivity index (χ1) is 18.8. The lowest BCUT2D eigenvalue weighted by Gasteiger charge is -2.12. The van der Waals surface area contributed by atoms with Crippen molar-refractivity contribution in [2.45, 2.75) is 27.1 Å². The molecule has 0 heterocycles. The third-order valence-electron chi connectivity index (χ3n) is 6.07. The van der Waals surface area contributed by atoms with Crippen molar-refractivity contribution in [2.75, 3.05) is 5.32 Å². The number of benzene rings is 4. The van der Waals surface area contributed by atoms with Crippen LogP contribution in [0.5, 0.6) is 11.5 Å².